The molecule has 2 atom stereocenters. The van der Waals surface area contributed by atoms with Crippen LogP contribution in [0.25, 0.3) is 0 Å². The van der Waals surface area contributed by atoms with E-state index in [9.17, 15) is 4.39 Å². The third kappa shape index (κ3) is 1.98. The Bertz CT molecular complexity index is 299. The van der Waals surface area contributed by atoms with Crippen LogP contribution < -0.4 is 5.32 Å². The Hall–Kier alpha value is -0.410. The minimum Gasteiger partial charge on any atom is -0.316 e. The first-order valence-corrected chi connectivity index (χ1v) is 5.62. The van der Waals surface area contributed by atoms with Gasteiger partial charge in [-0.15, -0.1) is 0 Å². The molecule has 1 saturated heterocycles. The molecule has 3 heteroatoms. The fourth-order valence-electron chi connectivity index (χ4n) is 2.00. The molecule has 1 nitrogen and oxygen atoms in total. The van der Waals surface area contributed by atoms with E-state index < -0.39 is 0 Å². The zero-order chi connectivity index (χ0) is 9.97. The van der Waals surface area contributed by atoms with Gasteiger partial charge in [-0.2, -0.15) is 0 Å². The van der Waals surface area contributed by atoms with Crippen LogP contribution in [0.4, 0.5) is 4.39 Å². The van der Waals surface area contributed by atoms with Gasteiger partial charge in [0.05, 0.1) is 6.67 Å². The van der Waals surface area contributed by atoms with E-state index in [1.807, 2.05) is 12.1 Å². The van der Waals surface area contributed by atoms with Gasteiger partial charge in [0, 0.05) is 29.4 Å². The summed E-state index contributed by atoms with van der Waals surface area (Å²) in [5.41, 5.74) is 1.24. The molecule has 1 N–H and O–H groups in total. The van der Waals surface area contributed by atoms with E-state index in [0.29, 0.717) is 5.92 Å². The van der Waals surface area contributed by atoms with Crippen LogP contribution in [0.3, 0.4) is 0 Å². The molecule has 0 spiro atoms. The molecular weight excluding hydrogens is 245 g/mol. The molecule has 0 aliphatic carbocycles. The maximum atomic E-state index is 12.7. The number of nitrogens with one attached hydrogen (secondary N) is 1. The van der Waals surface area contributed by atoms with Gasteiger partial charge in [0.2, 0.25) is 0 Å². The molecule has 76 valence electrons. The van der Waals surface area contributed by atoms with Crippen LogP contribution in [0.2, 0.25) is 0 Å². The van der Waals surface area contributed by atoms with E-state index in [1.165, 1.54) is 5.56 Å². The molecule has 1 heterocycles. The summed E-state index contributed by atoms with van der Waals surface area (Å²) in [4.78, 5) is 0. The van der Waals surface area contributed by atoms with Crippen molar-refractivity contribution < 1.29 is 4.39 Å². The van der Waals surface area contributed by atoms with Gasteiger partial charge in [-0.25, -0.2) is 0 Å². The number of rotatable bonds is 2. The monoisotopic (exact) mass is 257 g/mol. The van der Waals surface area contributed by atoms with Crippen molar-refractivity contribution in [3.8, 4) is 0 Å². The highest BCUT2D eigenvalue weighted by atomic mass is 79.9. The zero-order valence-electron chi connectivity index (χ0n) is 7.84. The number of hydrogen-bond donors (Lipinski definition) is 1. The highest BCUT2D eigenvalue weighted by molar-refractivity contribution is 9.10. The van der Waals surface area contributed by atoms with Crippen LogP contribution in [0.15, 0.2) is 28.7 Å². The van der Waals surface area contributed by atoms with Gasteiger partial charge in [-0.05, 0) is 17.7 Å². The van der Waals surface area contributed by atoms with Crippen LogP contribution in [0, 0.1) is 5.92 Å². The first-order valence-electron chi connectivity index (χ1n) is 4.83. The smallest absolute Gasteiger partial charge is 0.0941 e. The fourth-order valence-corrected chi connectivity index (χ4v) is 2.26. The molecule has 0 aromatic heterocycles. The lowest BCUT2D eigenvalue weighted by molar-refractivity contribution is 0.358. The quantitative estimate of drug-likeness (QED) is 0.860. The van der Waals surface area contributed by atoms with E-state index in [4.69, 9.17) is 0 Å². The second-order valence-corrected chi connectivity index (χ2v) is 4.65. The largest absolute Gasteiger partial charge is 0.316 e. The Kier molecular flexibility index (Phi) is 3.19. The second kappa shape index (κ2) is 4.41. The molecule has 0 unspecified atom stereocenters. The fraction of sp³-hybridized carbons (Fsp3) is 0.455. The molecule has 1 fully saturated rings. The molecule has 1 aliphatic rings. The molecule has 1 aliphatic heterocycles. The summed E-state index contributed by atoms with van der Waals surface area (Å²) in [6.45, 7) is 1.47. The molecule has 0 radical (unpaired) electrons. The summed E-state index contributed by atoms with van der Waals surface area (Å²) in [6, 6.07) is 8.18. The van der Waals surface area contributed by atoms with E-state index in [2.05, 4.69) is 33.4 Å². The molecule has 0 amide bonds. The van der Waals surface area contributed by atoms with E-state index >= 15 is 0 Å². The summed E-state index contributed by atoms with van der Waals surface area (Å²) in [5.74, 6) is 0.490. The van der Waals surface area contributed by atoms with E-state index in [1.54, 1.807) is 0 Å². The predicted molar refractivity (Wildman–Crippen MR) is 59.2 cm³/mol. The minimum atomic E-state index is -0.228. The lowest BCUT2D eigenvalue weighted by Crippen LogP contribution is -2.12. The van der Waals surface area contributed by atoms with Crippen molar-refractivity contribution in [1.29, 1.82) is 0 Å². The topological polar surface area (TPSA) is 12.0 Å². The third-order valence-electron chi connectivity index (χ3n) is 2.84. The lowest BCUT2D eigenvalue weighted by atomic mass is 9.90. The van der Waals surface area contributed by atoms with Crippen LogP contribution in [0.1, 0.15) is 11.5 Å². The number of halogens is 2. The van der Waals surface area contributed by atoms with E-state index in [-0.39, 0.29) is 12.6 Å². The van der Waals surface area contributed by atoms with Gasteiger partial charge in [0.15, 0.2) is 0 Å². The van der Waals surface area contributed by atoms with Crippen molar-refractivity contribution in [3.63, 3.8) is 0 Å². The standard InChI is InChI=1S/C11H13BrFN/c12-10-3-1-8(2-4-10)11-7-14-6-9(11)5-13/h1-4,9,11,14H,5-7H2/t9-,11+/m0/s1. The molecule has 14 heavy (non-hydrogen) atoms. The predicted octanol–water partition coefficient (Wildman–Crippen LogP) is 2.72. The summed E-state index contributed by atoms with van der Waals surface area (Å²) in [7, 11) is 0. The average Bonchev–Trinajstić information content (AvgIpc) is 2.67. The van der Waals surface area contributed by atoms with Crippen LogP contribution in [-0.4, -0.2) is 19.8 Å². The van der Waals surface area contributed by atoms with Crippen molar-refractivity contribution in [2.75, 3.05) is 19.8 Å². The Balaban J connectivity index is 2.17. The van der Waals surface area contributed by atoms with Crippen LogP contribution in [0.5, 0.6) is 0 Å². The molecule has 1 aromatic carbocycles. The number of hydrogen-bond acceptors (Lipinski definition) is 1. The minimum absolute atomic E-state index is 0.149. The third-order valence-corrected chi connectivity index (χ3v) is 3.36. The van der Waals surface area contributed by atoms with Crippen molar-refractivity contribution in [3.05, 3.63) is 34.3 Å². The maximum Gasteiger partial charge on any atom is 0.0941 e. The molecule has 1 aromatic rings. The SMILES string of the molecule is FC[C@H]1CNC[C@@H]1c1ccc(Br)cc1. The summed E-state index contributed by atoms with van der Waals surface area (Å²) in [5, 5.41) is 3.23. The van der Waals surface area contributed by atoms with Crippen molar-refractivity contribution in [1.82, 2.24) is 5.32 Å². The van der Waals surface area contributed by atoms with Crippen LogP contribution in [-0.2, 0) is 0 Å². The molecule has 0 saturated carbocycles. The van der Waals surface area contributed by atoms with Gasteiger partial charge < -0.3 is 5.32 Å². The summed E-state index contributed by atoms with van der Waals surface area (Å²) in [6.07, 6.45) is 0. The van der Waals surface area contributed by atoms with Crippen molar-refractivity contribution >= 4 is 15.9 Å². The van der Waals surface area contributed by atoms with Crippen molar-refractivity contribution in [2.24, 2.45) is 5.92 Å². The van der Waals surface area contributed by atoms with E-state index in [0.717, 1.165) is 17.6 Å². The zero-order valence-corrected chi connectivity index (χ0v) is 9.43. The highest BCUT2D eigenvalue weighted by Crippen LogP contribution is 2.29. The Morgan fingerprint density at radius 3 is 2.64 bits per heavy atom. The molecular formula is C11H13BrFN. The molecule has 0 bridgehead atoms. The first-order chi connectivity index (χ1) is 6.81. The van der Waals surface area contributed by atoms with Gasteiger partial charge in [-0.1, -0.05) is 28.1 Å². The van der Waals surface area contributed by atoms with Gasteiger partial charge in [-0.3, -0.25) is 4.39 Å². The van der Waals surface area contributed by atoms with Gasteiger partial charge >= 0.3 is 0 Å². The Morgan fingerprint density at radius 2 is 2.00 bits per heavy atom. The second-order valence-electron chi connectivity index (χ2n) is 3.73. The van der Waals surface area contributed by atoms with Gasteiger partial charge in [0.25, 0.3) is 0 Å². The average molecular weight is 258 g/mol. The summed E-state index contributed by atoms with van der Waals surface area (Å²) >= 11 is 3.40. The molecule has 2 rings (SSSR count). The van der Waals surface area contributed by atoms with Gasteiger partial charge in [0.1, 0.15) is 0 Å². The Labute approximate surface area is 91.8 Å². The first kappa shape index (κ1) is 10.1. The maximum absolute atomic E-state index is 12.7. The van der Waals surface area contributed by atoms with Crippen LogP contribution >= 0.6 is 15.9 Å². The lowest BCUT2D eigenvalue weighted by Gasteiger charge is -2.15. The normalized spacial score (nSPS) is 26.7. The summed E-state index contributed by atoms with van der Waals surface area (Å²) < 4.78 is 13.7. The number of alkyl halides is 1. The number of benzene rings is 1. The van der Waals surface area contributed by atoms with Crippen molar-refractivity contribution in [2.45, 2.75) is 5.92 Å². The Morgan fingerprint density at radius 1 is 1.29 bits per heavy atom. The highest BCUT2D eigenvalue weighted by Gasteiger charge is 2.27.